The first kappa shape index (κ1) is 17.3. The number of fused-ring (bicyclic) bond motifs is 1. The Morgan fingerprint density at radius 2 is 2.04 bits per heavy atom. The van der Waals surface area contributed by atoms with Crippen LogP contribution >= 0.6 is 0 Å². The molecule has 2 heterocycles. The number of carbonyl (C=O) groups is 1. The molecule has 0 fully saturated rings. The maximum atomic E-state index is 12.9. The summed E-state index contributed by atoms with van der Waals surface area (Å²) < 4.78 is 40.2. The Morgan fingerprint density at radius 1 is 1.39 bits per heavy atom. The molecule has 0 unspecified atom stereocenters. The van der Waals surface area contributed by atoms with Gasteiger partial charge in [-0.2, -0.15) is 13.2 Å². The Balaban J connectivity index is 2.13. The van der Waals surface area contributed by atoms with Crippen LogP contribution in [0.25, 0.3) is 0 Å². The molecule has 0 bridgehead atoms. The van der Waals surface area contributed by atoms with Crippen LogP contribution < -0.4 is 10.9 Å². The second kappa shape index (κ2) is 6.21. The number of halogens is 3. The van der Waals surface area contributed by atoms with Crippen molar-refractivity contribution in [2.24, 2.45) is 13.0 Å². The molecule has 128 valence electrons. The molecule has 1 aromatic heterocycles. The van der Waals surface area contributed by atoms with E-state index in [1.54, 1.807) is 7.05 Å². The van der Waals surface area contributed by atoms with E-state index in [2.05, 4.69) is 4.98 Å². The van der Waals surface area contributed by atoms with Crippen molar-refractivity contribution in [2.75, 3.05) is 6.54 Å². The highest BCUT2D eigenvalue weighted by molar-refractivity contribution is 5.75. The van der Waals surface area contributed by atoms with Crippen molar-refractivity contribution in [2.45, 2.75) is 39.0 Å². The fourth-order valence-electron chi connectivity index (χ4n) is 2.54. The highest BCUT2D eigenvalue weighted by Gasteiger charge is 2.43. The number of rotatable bonds is 2. The van der Waals surface area contributed by atoms with Gasteiger partial charge in [0.2, 0.25) is 0 Å². The van der Waals surface area contributed by atoms with Crippen LogP contribution in [-0.4, -0.2) is 39.2 Å². The number of urea groups is 1. The molecule has 1 N–H and O–H groups in total. The second-order valence-corrected chi connectivity index (χ2v) is 5.97. The Labute approximate surface area is 131 Å². The average Bonchev–Trinajstić information content (AvgIpc) is 2.46. The van der Waals surface area contributed by atoms with E-state index in [0.717, 1.165) is 0 Å². The summed E-state index contributed by atoms with van der Waals surface area (Å²) in [6.45, 7) is 3.01. The van der Waals surface area contributed by atoms with Gasteiger partial charge in [0.05, 0.1) is 18.6 Å². The predicted octanol–water partition coefficient (Wildman–Crippen LogP) is 1.43. The van der Waals surface area contributed by atoms with E-state index in [1.807, 2.05) is 5.32 Å². The minimum absolute atomic E-state index is 0.0277. The summed E-state index contributed by atoms with van der Waals surface area (Å²) in [7, 11) is 1.57. The Kier molecular flexibility index (Phi) is 4.67. The number of hydrogen-bond donors (Lipinski definition) is 1. The van der Waals surface area contributed by atoms with Gasteiger partial charge in [0.1, 0.15) is 6.04 Å². The van der Waals surface area contributed by atoms with Gasteiger partial charge in [-0.25, -0.2) is 9.78 Å². The van der Waals surface area contributed by atoms with Gasteiger partial charge < -0.3 is 14.8 Å². The summed E-state index contributed by atoms with van der Waals surface area (Å²) in [5.74, 6) is -0.776. The van der Waals surface area contributed by atoms with E-state index in [-0.39, 0.29) is 25.1 Å². The summed E-state index contributed by atoms with van der Waals surface area (Å²) in [6.07, 6.45) is -2.89. The van der Waals surface area contributed by atoms with Crippen molar-refractivity contribution in [1.29, 1.82) is 0 Å². The molecule has 0 radical (unpaired) electrons. The van der Waals surface area contributed by atoms with Gasteiger partial charge in [0.15, 0.2) is 0 Å². The molecule has 6 nitrogen and oxygen atoms in total. The molecule has 0 aliphatic carbocycles. The van der Waals surface area contributed by atoms with E-state index in [4.69, 9.17) is 0 Å². The van der Waals surface area contributed by atoms with Crippen LogP contribution in [0.5, 0.6) is 0 Å². The lowest BCUT2D eigenvalue weighted by molar-refractivity contribution is -0.162. The first-order chi connectivity index (χ1) is 10.6. The summed E-state index contributed by atoms with van der Waals surface area (Å²) in [5, 5.41) is 2.03. The van der Waals surface area contributed by atoms with Crippen LogP contribution in [0.3, 0.4) is 0 Å². The van der Waals surface area contributed by atoms with Gasteiger partial charge in [-0.1, -0.05) is 13.8 Å². The molecular weight excluding hydrogens is 313 g/mol. The third-order valence-corrected chi connectivity index (χ3v) is 3.87. The fourth-order valence-corrected chi connectivity index (χ4v) is 2.54. The maximum Gasteiger partial charge on any atom is 0.408 e. The molecule has 1 aliphatic rings. The van der Waals surface area contributed by atoms with Crippen molar-refractivity contribution in [1.82, 2.24) is 19.8 Å². The van der Waals surface area contributed by atoms with Crippen molar-refractivity contribution < 1.29 is 18.0 Å². The van der Waals surface area contributed by atoms with E-state index >= 15 is 0 Å². The minimum atomic E-state index is -4.51. The average molecular weight is 332 g/mol. The summed E-state index contributed by atoms with van der Waals surface area (Å²) in [6, 6.07) is -2.71. The lowest BCUT2D eigenvalue weighted by atomic mass is 10.0. The quantitative estimate of drug-likeness (QED) is 0.891. The topological polar surface area (TPSA) is 67.2 Å². The summed E-state index contributed by atoms with van der Waals surface area (Å²) in [5.41, 5.74) is 0.753. The van der Waals surface area contributed by atoms with Gasteiger partial charge in [0.25, 0.3) is 5.56 Å². The van der Waals surface area contributed by atoms with Gasteiger partial charge in [-0.15, -0.1) is 0 Å². The largest absolute Gasteiger partial charge is 0.408 e. The lowest BCUT2D eigenvalue weighted by Crippen LogP contribution is -2.54. The molecule has 0 saturated carbocycles. The van der Waals surface area contributed by atoms with Gasteiger partial charge >= 0.3 is 12.2 Å². The number of aryl methyl sites for hydroxylation is 1. The first-order valence-electron chi connectivity index (χ1n) is 7.26. The van der Waals surface area contributed by atoms with Crippen LogP contribution in [-0.2, 0) is 20.0 Å². The van der Waals surface area contributed by atoms with Crippen molar-refractivity contribution in [3.63, 3.8) is 0 Å². The number of alkyl halides is 3. The molecule has 1 atom stereocenters. The molecule has 1 aliphatic heterocycles. The SMILES string of the molecule is CC(C)[C@H](NC(=O)N1CCc2c(ncn(C)c2=O)C1)C(F)(F)F. The van der Waals surface area contributed by atoms with Gasteiger partial charge in [-0.05, 0) is 12.3 Å². The van der Waals surface area contributed by atoms with Crippen LogP contribution in [0.4, 0.5) is 18.0 Å². The van der Waals surface area contributed by atoms with Crippen LogP contribution in [0, 0.1) is 5.92 Å². The van der Waals surface area contributed by atoms with Gasteiger partial charge in [-0.3, -0.25) is 4.79 Å². The van der Waals surface area contributed by atoms with E-state index < -0.39 is 24.2 Å². The minimum Gasteiger partial charge on any atom is -0.326 e. The molecule has 23 heavy (non-hydrogen) atoms. The van der Waals surface area contributed by atoms with E-state index in [9.17, 15) is 22.8 Å². The number of nitrogens with zero attached hydrogens (tertiary/aromatic N) is 3. The number of nitrogens with one attached hydrogen (secondary N) is 1. The Morgan fingerprint density at radius 3 is 2.61 bits per heavy atom. The number of amides is 2. The van der Waals surface area contributed by atoms with Crippen LogP contribution in [0.2, 0.25) is 0 Å². The van der Waals surface area contributed by atoms with E-state index in [1.165, 1.54) is 29.6 Å². The predicted molar refractivity (Wildman–Crippen MR) is 76.8 cm³/mol. The second-order valence-electron chi connectivity index (χ2n) is 5.97. The smallest absolute Gasteiger partial charge is 0.326 e. The third kappa shape index (κ3) is 3.65. The molecular formula is C14H19F3N4O2. The lowest BCUT2D eigenvalue weighted by Gasteiger charge is -2.31. The van der Waals surface area contributed by atoms with E-state index in [0.29, 0.717) is 11.3 Å². The van der Waals surface area contributed by atoms with Crippen LogP contribution in [0.15, 0.2) is 11.1 Å². The molecule has 2 rings (SSSR count). The number of hydrogen-bond acceptors (Lipinski definition) is 3. The highest BCUT2D eigenvalue weighted by atomic mass is 19.4. The highest BCUT2D eigenvalue weighted by Crippen LogP contribution is 2.26. The summed E-state index contributed by atoms with van der Waals surface area (Å²) in [4.78, 5) is 29.4. The Bertz CT molecular complexity index is 654. The van der Waals surface area contributed by atoms with Gasteiger partial charge in [0, 0.05) is 19.2 Å². The zero-order valence-electron chi connectivity index (χ0n) is 13.1. The maximum absolute atomic E-state index is 12.9. The molecule has 1 aromatic rings. The standard InChI is InChI=1S/C14H19F3N4O2/c1-8(2)11(14(15,16)17)19-13(23)21-5-4-9-10(6-21)18-7-20(3)12(9)22/h7-8,11H,4-6H2,1-3H3,(H,19,23)/t11-/m0/s1. The van der Waals surface area contributed by atoms with Crippen LogP contribution in [0.1, 0.15) is 25.1 Å². The molecule has 0 aromatic carbocycles. The van der Waals surface area contributed by atoms with Crippen molar-refractivity contribution in [3.8, 4) is 0 Å². The zero-order chi connectivity index (χ0) is 17.4. The fraction of sp³-hybridized carbons (Fsp3) is 0.643. The zero-order valence-corrected chi connectivity index (χ0v) is 13.1. The first-order valence-corrected chi connectivity index (χ1v) is 7.26. The van der Waals surface area contributed by atoms with Crippen molar-refractivity contribution in [3.05, 3.63) is 27.9 Å². The molecule has 9 heteroatoms. The van der Waals surface area contributed by atoms with Crippen molar-refractivity contribution >= 4 is 6.03 Å². The third-order valence-electron chi connectivity index (χ3n) is 3.87. The molecule has 0 spiro atoms. The number of aromatic nitrogens is 2. The monoisotopic (exact) mass is 332 g/mol. The summed E-state index contributed by atoms with van der Waals surface area (Å²) >= 11 is 0. The normalized spacial score (nSPS) is 16.2. The molecule has 2 amide bonds. The molecule has 0 saturated heterocycles. The number of carbonyl (C=O) groups excluding carboxylic acids is 1. The Hall–Kier alpha value is -2.06.